The second-order valence-electron chi connectivity index (χ2n) is 9.02. The van der Waals surface area contributed by atoms with E-state index in [4.69, 9.17) is 15.8 Å². The Balaban J connectivity index is 1.48. The summed E-state index contributed by atoms with van der Waals surface area (Å²) in [5.41, 5.74) is 9.59. The van der Waals surface area contributed by atoms with Gasteiger partial charge in [0.1, 0.15) is 11.7 Å². The third kappa shape index (κ3) is 5.71. The lowest BCUT2D eigenvalue weighted by molar-refractivity contribution is -0.137. The van der Waals surface area contributed by atoms with Crippen LogP contribution in [0.5, 0.6) is 0 Å². The van der Waals surface area contributed by atoms with Gasteiger partial charge in [-0.15, -0.1) is 0 Å². The zero-order chi connectivity index (χ0) is 27.4. The fourth-order valence-electron chi connectivity index (χ4n) is 4.42. The Kier molecular flexibility index (Phi) is 7.76. The van der Waals surface area contributed by atoms with Gasteiger partial charge in [0.2, 0.25) is 6.17 Å². The number of amides is 2. The number of benzene rings is 3. The van der Waals surface area contributed by atoms with Gasteiger partial charge in [0, 0.05) is 40.1 Å². The van der Waals surface area contributed by atoms with Gasteiger partial charge in [0.15, 0.2) is 0 Å². The van der Waals surface area contributed by atoms with Gasteiger partial charge in [0.05, 0.1) is 11.4 Å². The summed E-state index contributed by atoms with van der Waals surface area (Å²) in [6, 6.07) is 25.3. The van der Waals surface area contributed by atoms with Gasteiger partial charge in [-0.05, 0) is 18.2 Å². The Morgan fingerprint density at radius 3 is 2.54 bits per heavy atom. The molecule has 0 spiro atoms. The SMILES string of the molecule is N[C@H](CSCCN1C(=O)[C@@H](NC(=O)c2cc3ccccc3[nH]2)N=C(c2ccccc2)c2ccccc21)C(=O)O. The molecule has 2 atom stereocenters. The van der Waals surface area contributed by atoms with E-state index in [1.165, 1.54) is 11.8 Å². The molecule has 0 bridgehead atoms. The average molecular weight is 542 g/mol. The minimum absolute atomic E-state index is 0.214. The number of anilines is 1. The second-order valence-corrected chi connectivity index (χ2v) is 10.2. The van der Waals surface area contributed by atoms with Gasteiger partial charge in [-0.3, -0.25) is 14.4 Å². The normalized spacial score (nSPS) is 15.8. The topological polar surface area (TPSA) is 141 Å². The lowest BCUT2D eigenvalue weighted by atomic mass is 10.0. The number of thioether (sulfide) groups is 1. The number of fused-ring (bicyclic) bond motifs is 2. The molecule has 198 valence electrons. The number of nitrogens with two attached hydrogens (primary N) is 1. The maximum Gasteiger partial charge on any atom is 0.321 e. The van der Waals surface area contributed by atoms with Crippen molar-refractivity contribution in [2.45, 2.75) is 12.2 Å². The molecule has 1 aliphatic heterocycles. The number of para-hydroxylation sites is 2. The maximum absolute atomic E-state index is 13.9. The molecular weight excluding hydrogens is 514 g/mol. The van der Waals surface area contributed by atoms with Crippen molar-refractivity contribution in [3.63, 3.8) is 0 Å². The van der Waals surface area contributed by atoms with Gasteiger partial charge >= 0.3 is 5.97 Å². The van der Waals surface area contributed by atoms with Crippen molar-refractivity contribution < 1.29 is 19.5 Å². The highest BCUT2D eigenvalue weighted by Crippen LogP contribution is 2.28. The highest BCUT2D eigenvalue weighted by molar-refractivity contribution is 7.99. The first-order valence-corrected chi connectivity index (χ1v) is 13.6. The summed E-state index contributed by atoms with van der Waals surface area (Å²) < 4.78 is 0. The number of aliphatic carboxylic acids is 1. The molecule has 2 heterocycles. The maximum atomic E-state index is 13.9. The quantitative estimate of drug-likeness (QED) is 0.240. The Morgan fingerprint density at radius 2 is 1.77 bits per heavy atom. The molecule has 0 radical (unpaired) electrons. The van der Waals surface area contributed by atoms with E-state index in [9.17, 15) is 14.4 Å². The predicted octanol–water partition coefficient (Wildman–Crippen LogP) is 3.25. The summed E-state index contributed by atoms with van der Waals surface area (Å²) in [5.74, 6) is -1.25. The van der Waals surface area contributed by atoms with E-state index in [-0.39, 0.29) is 18.2 Å². The number of aromatic nitrogens is 1. The monoisotopic (exact) mass is 541 g/mol. The molecule has 0 saturated heterocycles. The molecular formula is C29H27N5O4S. The van der Waals surface area contributed by atoms with E-state index < -0.39 is 24.1 Å². The van der Waals surface area contributed by atoms with E-state index in [0.717, 1.165) is 22.0 Å². The third-order valence-electron chi connectivity index (χ3n) is 6.37. The molecule has 0 fully saturated rings. The Labute approximate surface area is 229 Å². The summed E-state index contributed by atoms with van der Waals surface area (Å²) in [6.45, 7) is 0.281. The van der Waals surface area contributed by atoms with Crippen LogP contribution in [-0.2, 0) is 9.59 Å². The molecule has 1 aromatic heterocycles. The number of hydrogen-bond donors (Lipinski definition) is 4. The summed E-state index contributed by atoms with van der Waals surface area (Å²) >= 11 is 1.35. The van der Waals surface area contributed by atoms with E-state index >= 15 is 0 Å². The van der Waals surface area contributed by atoms with Crippen molar-refractivity contribution in [2.75, 3.05) is 23.0 Å². The summed E-state index contributed by atoms with van der Waals surface area (Å²) in [6.07, 6.45) is -1.18. The van der Waals surface area contributed by atoms with Crippen molar-refractivity contribution in [2.24, 2.45) is 10.7 Å². The van der Waals surface area contributed by atoms with E-state index in [2.05, 4.69) is 10.3 Å². The lowest BCUT2D eigenvalue weighted by Crippen LogP contribution is -2.48. The number of carbonyl (C=O) groups is 3. The summed E-state index contributed by atoms with van der Waals surface area (Å²) in [5, 5.41) is 12.8. The van der Waals surface area contributed by atoms with Crippen molar-refractivity contribution in [1.82, 2.24) is 10.3 Å². The number of rotatable bonds is 9. The number of benzodiazepines with no additional fused rings is 1. The number of carboxylic acid groups (broad SMARTS) is 1. The van der Waals surface area contributed by atoms with E-state index in [1.54, 1.807) is 11.0 Å². The molecule has 0 saturated carbocycles. The number of nitrogens with one attached hydrogen (secondary N) is 2. The number of aromatic amines is 1. The van der Waals surface area contributed by atoms with Crippen LogP contribution in [-0.4, -0.2) is 63.8 Å². The van der Waals surface area contributed by atoms with E-state index in [0.29, 0.717) is 22.8 Å². The van der Waals surface area contributed by atoms with Crippen molar-refractivity contribution in [1.29, 1.82) is 0 Å². The minimum Gasteiger partial charge on any atom is -0.480 e. The molecule has 9 nitrogen and oxygen atoms in total. The van der Waals surface area contributed by atoms with Crippen molar-refractivity contribution in [3.05, 3.63) is 102 Å². The molecule has 0 aliphatic carbocycles. The van der Waals surface area contributed by atoms with Crippen molar-refractivity contribution >= 4 is 51.8 Å². The highest BCUT2D eigenvalue weighted by atomic mass is 32.2. The fourth-order valence-corrected chi connectivity index (χ4v) is 5.29. The first-order valence-electron chi connectivity index (χ1n) is 12.4. The first-order chi connectivity index (χ1) is 18.9. The summed E-state index contributed by atoms with van der Waals surface area (Å²) in [7, 11) is 0. The van der Waals surface area contributed by atoms with Crippen LogP contribution >= 0.6 is 11.8 Å². The molecule has 10 heteroatoms. The van der Waals surface area contributed by atoms with Crippen molar-refractivity contribution in [3.8, 4) is 0 Å². The number of nitrogens with zero attached hydrogens (tertiary/aromatic N) is 2. The van der Waals surface area contributed by atoms with Gasteiger partial charge < -0.3 is 26.0 Å². The lowest BCUT2D eigenvalue weighted by Gasteiger charge is -2.25. The van der Waals surface area contributed by atoms with Gasteiger partial charge in [-0.1, -0.05) is 66.7 Å². The van der Waals surface area contributed by atoms with E-state index in [1.807, 2.05) is 78.9 Å². The van der Waals surface area contributed by atoms with Crippen LogP contribution < -0.4 is 16.0 Å². The molecule has 5 rings (SSSR count). The fraction of sp³-hybridized carbons (Fsp3) is 0.172. The van der Waals surface area contributed by atoms with Crippen LogP contribution in [0, 0.1) is 0 Å². The zero-order valence-corrected chi connectivity index (χ0v) is 21.7. The Bertz CT molecular complexity index is 1520. The van der Waals surface area contributed by atoms with Crippen LogP contribution in [0.4, 0.5) is 5.69 Å². The smallest absolute Gasteiger partial charge is 0.321 e. The number of hydrogen-bond acceptors (Lipinski definition) is 6. The standard InChI is InChI=1S/C29H27N5O4S/c30-21(29(37)38)17-39-15-14-34-24-13-7-5-11-20(24)25(18-8-2-1-3-9-18)32-26(28(34)36)33-27(35)23-16-19-10-4-6-12-22(19)31-23/h1-13,16,21,26,31H,14-15,17,30H2,(H,33,35)(H,37,38)/t21-,26-/m1/s1. The summed E-state index contributed by atoms with van der Waals surface area (Å²) in [4.78, 5) is 47.8. The predicted molar refractivity (Wildman–Crippen MR) is 153 cm³/mol. The average Bonchev–Trinajstić information content (AvgIpc) is 3.36. The minimum atomic E-state index is -1.18. The van der Waals surface area contributed by atoms with Gasteiger partial charge in [0.25, 0.3) is 11.8 Å². The number of carboxylic acids is 1. The highest BCUT2D eigenvalue weighted by Gasteiger charge is 2.33. The van der Waals surface area contributed by atoms with Crippen LogP contribution in [0.1, 0.15) is 21.6 Å². The number of H-pyrrole nitrogens is 1. The molecule has 4 aromatic rings. The third-order valence-corrected chi connectivity index (χ3v) is 7.44. The Morgan fingerprint density at radius 1 is 1.05 bits per heavy atom. The zero-order valence-electron chi connectivity index (χ0n) is 20.9. The second kappa shape index (κ2) is 11.5. The van der Waals surface area contributed by atoms with Crippen LogP contribution in [0.3, 0.4) is 0 Å². The van der Waals surface area contributed by atoms with Crippen LogP contribution in [0.15, 0.2) is 89.9 Å². The Hall–Kier alpha value is -4.41. The molecule has 5 N–H and O–H groups in total. The van der Waals surface area contributed by atoms with Gasteiger partial charge in [-0.25, -0.2) is 4.99 Å². The van der Waals surface area contributed by atoms with Crippen LogP contribution in [0.25, 0.3) is 10.9 Å². The molecule has 2 amide bonds. The first kappa shape index (κ1) is 26.2. The molecule has 1 aliphatic rings. The molecule has 3 aromatic carbocycles. The molecule has 39 heavy (non-hydrogen) atoms. The molecule has 0 unspecified atom stereocenters. The number of carbonyl (C=O) groups excluding carboxylic acids is 2. The number of aliphatic imine (C=N–C) groups is 1. The van der Waals surface area contributed by atoms with Gasteiger partial charge in [-0.2, -0.15) is 11.8 Å². The van der Waals surface area contributed by atoms with Crippen LogP contribution in [0.2, 0.25) is 0 Å². The largest absolute Gasteiger partial charge is 0.480 e.